The van der Waals surface area contributed by atoms with Crippen LogP contribution in [0.1, 0.15) is 146 Å². The lowest BCUT2D eigenvalue weighted by molar-refractivity contribution is -0.377. The van der Waals surface area contributed by atoms with Gasteiger partial charge in [0.2, 0.25) is 0 Å². The molecule has 77 heavy (non-hydrogen) atoms. The normalized spacial score (nSPS) is 26.5. The Bertz CT molecular complexity index is 1800. The van der Waals surface area contributed by atoms with Crippen LogP contribution >= 0.6 is 0 Å². The molecule has 0 amide bonds. The quantitative estimate of drug-likeness (QED) is 0.0137. The molecule has 2 rings (SSSR count). The van der Waals surface area contributed by atoms with Gasteiger partial charge >= 0.3 is 5.97 Å². The summed E-state index contributed by atoms with van der Waals surface area (Å²) in [6.07, 6.45) is -6.74. The molecular weight excluding hydrogens is 1010 g/mol. The lowest BCUT2D eigenvalue weighted by Gasteiger charge is -2.49. The van der Waals surface area contributed by atoms with Crippen molar-refractivity contribution in [3.8, 4) is 0 Å². The van der Waals surface area contributed by atoms with Crippen molar-refractivity contribution in [3.05, 3.63) is 41.8 Å². The van der Waals surface area contributed by atoms with Crippen LogP contribution in [0.3, 0.4) is 0 Å². The summed E-state index contributed by atoms with van der Waals surface area (Å²) in [6.45, 7) is 19.8. The van der Waals surface area contributed by atoms with Crippen LogP contribution in [-0.2, 0) is 71.1 Å². The second-order valence-electron chi connectivity index (χ2n) is 19.3. The standard InChI is InChI=1S/C50H92N12O15/c1-13-17-25-66-30-38(64-11)47(71-34(7)32(5)55-59-51)75-39(31-67-26-18-14-2)48(72-35(8)33(6)56-60-52)76-46-44(69-28-20-16-4)42(58-62-54)37(10)74-50(46)77-45-43(68-27-19-15-3)41(57-61-53)36(9)73-49(45)70-29-23-21-22-24-40(63)65-12/h32-39,41-50H,13-31H2,1-12H3/t32-,33-,34?,35?,36?,37?,38+,39+,41+,42+,43?,44?,45+,46+,47+,48+,49-,50+/m0/s1. The molecule has 0 aliphatic carbocycles. The molecule has 0 aromatic rings. The minimum Gasteiger partial charge on any atom is -0.469 e. The van der Waals surface area contributed by atoms with E-state index in [0.717, 1.165) is 32.1 Å². The van der Waals surface area contributed by atoms with Crippen molar-refractivity contribution in [2.75, 3.05) is 60.5 Å². The van der Waals surface area contributed by atoms with Crippen molar-refractivity contribution in [2.24, 2.45) is 20.5 Å². The fraction of sp³-hybridized carbons (Fsp3) is 0.980. The predicted octanol–water partition coefficient (Wildman–Crippen LogP) is 10.6. The highest BCUT2D eigenvalue weighted by Crippen LogP contribution is 2.37. The van der Waals surface area contributed by atoms with E-state index in [9.17, 15) is 26.9 Å². The largest absolute Gasteiger partial charge is 0.469 e. The second-order valence-corrected chi connectivity index (χ2v) is 19.3. The van der Waals surface area contributed by atoms with Crippen LogP contribution in [-0.4, -0.2) is 177 Å². The molecule has 18 atom stereocenters. The molecule has 2 fully saturated rings. The Hall–Kier alpha value is -3.81. The first-order valence-electron chi connectivity index (χ1n) is 27.6. The number of nitrogens with zero attached hydrogens (tertiary/aromatic N) is 12. The molecule has 0 spiro atoms. The van der Waals surface area contributed by atoms with Gasteiger partial charge in [0.25, 0.3) is 0 Å². The molecule has 2 aliphatic rings. The summed E-state index contributed by atoms with van der Waals surface area (Å²) in [4.78, 5) is 24.2. The fourth-order valence-electron chi connectivity index (χ4n) is 8.13. The zero-order valence-electron chi connectivity index (χ0n) is 47.8. The van der Waals surface area contributed by atoms with E-state index in [-0.39, 0.29) is 45.4 Å². The summed E-state index contributed by atoms with van der Waals surface area (Å²) >= 11 is 0. The van der Waals surface area contributed by atoms with Gasteiger partial charge in [-0.25, -0.2) is 0 Å². The van der Waals surface area contributed by atoms with Gasteiger partial charge in [-0.05, 0) is 88.3 Å². The van der Waals surface area contributed by atoms with Crippen molar-refractivity contribution in [3.63, 3.8) is 0 Å². The SMILES string of the molecule is CCCCOC[C@@H](OC)[C@H](OC(C)[C@H](C)N=[N+]=[N-])O[C@H](COCCCC)[C@H](OC(C)[C@H](C)N=[N+]=[N-])O[C@@H]1C(OCCCC)[C@H](N=[N+]=[N-])C(C)O[C@@H]1O[C@@H]1C(OCCCC)[C@H](N=[N+]=[N-])C(C)O[C@@H]1OCCCCCC(=O)OC. The van der Waals surface area contributed by atoms with Gasteiger partial charge in [-0.1, -0.05) is 94.1 Å². The number of unbranched alkanes of at least 4 members (excludes halogenated alkanes) is 6. The summed E-state index contributed by atoms with van der Waals surface area (Å²) in [5, 5.41) is 16.1. The van der Waals surface area contributed by atoms with E-state index >= 15 is 0 Å². The number of rotatable bonds is 44. The molecule has 2 aliphatic heterocycles. The van der Waals surface area contributed by atoms with Crippen LogP contribution < -0.4 is 0 Å². The highest BCUT2D eigenvalue weighted by molar-refractivity contribution is 5.68. The lowest BCUT2D eigenvalue weighted by atomic mass is 9.95. The molecule has 2 heterocycles. The highest BCUT2D eigenvalue weighted by Gasteiger charge is 2.53. The van der Waals surface area contributed by atoms with E-state index in [1.807, 2.05) is 20.8 Å². The van der Waals surface area contributed by atoms with Crippen LogP contribution in [0.2, 0.25) is 0 Å². The fourth-order valence-corrected chi connectivity index (χ4v) is 8.13. The number of carbonyl (C=O) groups excluding carboxylic acids is 1. The molecule has 442 valence electrons. The van der Waals surface area contributed by atoms with Gasteiger partial charge in [0.15, 0.2) is 25.2 Å². The average Bonchev–Trinajstić information content (AvgIpc) is 3.42. The zero-order valence-corrected chi connectivity index (χ0v) is 47.8. The van der Waals surface area contributed by atoms with E-state index in [0.29, 0.717) is 51.7 Å². The molecule has 0 saturated carbocycles. The molecule has 0 N–H and O–H groups in total. The van der Waals surface area contributed by atoms with Crippen molar-refractivity contribution in [1.29, 1.82) is 0 Å². The Morgan fingerprint density at radius 1 is 0.545 bits per heavy atom. The Labute approximate surface area is 455 Å². The number of ether oxygens (including phenoxy) is 14. The summed E-state index contributed by atoms with van der Waals surface area (Å²) in [6, 6.07) is -3.28. The maximum atomic E-state index is 11.8. The highest BCUT2D eigenvalue weighted by atomic mass is 16.8. The first kappa shape index (κ1) is 69.3. The molecule has 0 bridgehead atoms. The minimum atomic E-state index is -1.47. The molecule has 2 saturated heterocycles. The third kappa shape index (κ3) is 25.0. The Kier molecular flexibility index (Phi) is 37.1. The van der Waals surface area contributed by atoms with Crippen molar-refractivity contribution >= 4 is 5.97 Å². The van der Waals surface area contributed by atoms with Gasteiger partial charge in [0.1, 0.15) is 24.4 Å². The van der Waals surface area contributed by atoms with Crippen molar-refractivity contribution in [2.45, 2.75) is 257 Å². The molecule has 6 unspecified atom stereocenters. The second kappa shape index (κ2) is 41.2. The first-order chi connectivity index (χ1) is 37.2. The van der Waals surface area contributed by atoms with Crippen molar-refractivity contribution < 1.29 is 71.1 Å². The number of hydrogen-bond acceptors (Lipinski definition) is 19. The Morgan fingerprint density at radius 3 is 1.52 bits per heavy atom. The van der Waals surface area contributed by atoms with Gasteiger partial charge < -0.3 is 66.3 Å². The number of methoxy groups -OCH3 is 2. The molecular formula is C50H92N12O15. The predicted molar refractivity (Wildman–Crippen MR) is 283 cm³/mol. The van der Waals surface area contributed by atoms with Crippen LogP contribution in [0, 0.1) is 0 Å². The first-order valence-corrected chi connectivity index (χ1v) is 27.6. The molecule has 0 aromatic carbocycles. The number of azide groups is 4. The summed E-state index contributed by atoms with van der Waals surface area (Å²) < 4.78 is 90.7. The number of hydrogen-bond donors (Lipinski definition) is 0. The topological polar surface area (TPSA) is 341 Å². The molecule has 27 heteroatoms. The van der Waals surface area contributed by atoms with E-state index in [1.165, 1.54) is 14.2 Å². The third-order valence-corrected chi connectivity index (χ3v) is 13.2. The van der Waals surface area contributed by atoms with E-state index in [4.69, 9.17) is 66.3 Å². The van der Waals surface area contributed by atoms with Crippen LogP contribution in [0.25, 0.3) is 41.8 Å². The van der Waals surface area contributed by atoms with Crippen LogP contribution in [0.4, 0.5) is 0 Å². The molecule has 0 radical (unpaired) electrons. The monoisotopic (exact) mass is 1100 g/mol. The van der Waals surface area contributed by atoms with Gasteiger partial charge in [-0.2, -0.15) is 0 Å². The van der Waals surface area contributed by atoms with Gasteiger partial charge in [0.05, 0.1) is 81.1 Å². The average molecular weight is 1100 g/mol. The van der Waals surface area contributed by atoms with Crippen molar-refractivity contribution in [1.82, 2.24) is 0 Å². The minimum absolute atomic E-state index is 0.0481. The summed E-state index contributed by atoms with van der Waals surface area (Å²) in [7, 11) is 2.84. The van der Waals surface area contributed by atoms with E-state index in [1.54, 1.807) is 41.5 Å². The van der Waals surface area contributed by atoms with E-state index < -0.39 is 110 Å². The van der Waals surface area contributed by atoms with Gasteiger partial charge in [-0.15, -0.1) is 0 Å². The number of carbonyl (C=O) groups is 1. The lowest BCUT2D eigenvalue weighted by Crippen LogP contribution is -2.65. The summed E-state index contributed by atoms with van der Waals surface area (Å²) in [5.41, 5.74) is 38.8. The Morgan fingerprint density at radius 2 is 1.03 bits per heavy atom. The summed E-state index contributed by atoms with van der Waals surface area (Å²) in [5.74, 6) is -0.307. The maximum Gasteiger partial charge on any atom is 0.305 e. The number of esters is 1. The van der Waals surface area contributed by atoms with Gasteiger partial charge in [-0.3, -0.25) is 4.79 Å². The zero-order chi connectivity index (χ0) is 57.0. The maximum absolute atomic E-state index is 11.8. The molecule has 27 nitrogen and oxygen atoms in total. The third-order valence-electron chi connectivity index (χ3n) is 13.2. The smallest absolute Gasteiger partial charge is 0.305 e. The Balaban J connectivity index is 3.00. The van der Waals surface area contributed by atoms with Crippen LogP contribution in [0.5, 0.6) is 0 Å². The van der Waals surface area contributed by atoms with Crippen LogP contribution in [0.15, 0.2) is 20.5 Å². The van der Waals surface area contributed by atoms with E-state index in [2.05, 4.69) is 47.0 Å². The van der Waals surface area contributed by atoms with Gasteiger partial charge in [0, 0.05) is 66.2 Å². The molecule has 0 aromatic heterocycles.